The van der Waals surface area contributed by atoms with Crippen molar-refractivity contribution in [3.05, 3.63) is 53.5 Å². The van der Waals surface area contributed by atoms with Gasteiger partial charge in [0.05, 0.1) is 24.8 Å². The summed E-state index contributed by atoms with van der Waals surface area (Å²) in [6, 6.07) is 8.49. The van der Waals surface area contributed by atoms with E-state index in [1.165, 1.54) is 13.3 Å². The molecule has 0 radical (unpaired) electrons. The highest BCUT2D eigenvalue weighted by molar-refractivity contribution is 7.92. The Morgan fingerprint density at radius 3 is 2.59 bits per heavy atom. The number of sulfonamides is 1. The van der Waals surface area contributed by atoms with E-state index in [9.17, 15) is 13.2 Å². The van der Waals surface area contributed by atoms with Crippen molar-refractivity contribution in [2.45, 2.75) is 13.5 Å². The van der Waals surface area contributed by atoms with Crippen LogP contribution in [0.4, 0.5) is 5.69 Å². The smallest absolute Gasteiger partial charge is 0.252 e. The molecule has 0 bridgehead atoms. The Balaban J connectivity index is 2.23. The first-order chi connectivity index (χ1) is 10.3. The maximum atomic E-state index is 12.3. The average Bonchev–Trinajstić information content (AvgIpc) is 2.96. The number of furan rings is 1. The molecule has 0 fully saturated rings. The molecule has 1 aromatic heterocycles. The lowest BCUT2D eigenvalue weighted by molar-refractivity contribution is 0.0947. The Morgan fingerprint density at radius 1 is 1.27 bits per heavy atom. The van der Waals surface area contributed by atoms with Crippen LogP contribution in [0.1, 0.15) is 21.7 Å². The summed E-state index contributed by atoms with van der Waals surface area (Å²) in [4.78, 5) is 12.3. The van der Waals surface area contributed by atoms with E-state index in [4.69, 9.17) is 4.42 Å². The Kier molecular flexibility index (Phi) is 4.56. The van der Waals surface area contributed by atoms with Crippen molar-refractivity contribution in [3.8, 4) is 0 Å². The van der Waals surface area contributed by atoms with E-state index < -0.39 is 10.0 Å². The lowest BCUT2D eigenvalue weighted by Crippen LogP contribution is -2.27. The van der Waals surface area contributed by atoms with E-state index in [-0.39, 0.29) is 12.5 Å². The van der Waals surface area contributed by atoms with E-state index in [1.54, 1.807) is 37.3 Å². The molecule has 2 aromatic rings. The highest BCUT2D eigenvalue weighted by atomic mass is 32.2. The molecule has 0 spiro atoms. The van der Waals surface area contributed by atoms with Gasteiger partial charge in [-0.15, -0.1) is 0 Å². The topological polar surface area (TPSA) is 79.6 Å². The number of rotatable bonds is 5. The minimum absolute atomic E-state index is 0.275. The first kappa shape index (κ1) is 16.1. The Bertz CT molecular complexity index is 767. The van der Waals surface area contributed by atoms with E-state index in [0.29, 0.717) is 22.6 Å². The summed E-state index contributed by atoms with van der Waals surface area (Å²) >= 11 is 0. The second-order valence-corrected chi connectivity index (χ2v) is 6.96. The molecule has 0 aliphatic carbocycles. The minimum atomic E-state index is -3.38. The predicted molar refractivity (Wildman–Crippen MR) is 84.3 cm³/mol. The summed E-state index contributed by atoms with van der Waals surface area (Å²) in [7, 11) is -1.92. The van der Waals surface area contributed by atoms with Crippen molar-refractivity contribution < 1.29 is 17.6 Å². The van der Waals surface area contributed by atoms with Crippen molar-refractivity contribution in [1.29, 1.82) is 0 Å². The fourth-order valence-electron chi connectivity index (χ4n) is 2.07. The summed E-state index contributed by atoms with van der Waals surface area (Å²) in [5.41, 5.74) is 1.51. The van der Waals surface area contributed by atoms with Gasteiger partial charge in [0.1, 0.15) is 5.76 Å². The molecule has 0 saturated heterocycles. The van der Waals surface area contributed by atoms with Gasteiger partial charge in [-0.2, -0.15) is 0 Å². The maximum Gasteiger partial charge on any atom is 0.252 e. The van der Waals surface area contributed by atoms with Crippen LogP contribution in [0.15, 0.2) is 41.0 Å². The molecule has 1 N–H and O–H groups in total. The van der Waals surface area contributed by atoms with Crippen LogP contribution in [-0.2, 0) is 16.6 Å². The lowest BCUT2D eigenvalue weighted by atomic mass is 10.1. The SMILES string of the molecule is Cc1c(C(=O)NCc2ccco2)cccc1N(C)S(C)(=O)=O. The molecule has 0 atom stereocenters. The van der Waals surface area contributed by atoms with Crippen LogP contribution in [0.2, 0.25) is 0 Å². The Hall–Kier alpha value is -2.28. The van der Waals surface area contributed by atoms with Gasteiger partial charge in [-0.25, -0.2) is 8.42 Å². The zero-order chi connectivity index (χ0) is 16.3. The summed E-state index contributed by atoms with van der Waals surface area (Å²) < 4.78 is 29.6. The third-order valence-corrected chi connectivity index (χ3v) is 4.58. The van der Waals surface area contributed by atoms with Crippen LogP contribution >= 0.6 is 0 Å². The van der Waals surface area contributed by atoms with Crippen molar-refractivity contribution in [3.63, 3.8) is 0 Å². The van der Waals surface area contributed by atoms with Gasteiger partial charge in [-0.1, -0.05) is 6.07 Å². The van der Waals surface area contributed by atoms with Gasteiger partial charge in [0.25, 0.3) is 5.91 Å². The van der Waals surface area contributed by atoms with Crippen LogP contribution < -0.4 is 9.62 Å². The van der Waals surface area contributed by atoms with Gasteiger partial charge >= 0.3 is 0 Å². The molecule has 2 rings (SSSR count). The molecular weight excluding hydrogens is 304 g/mol. The van der Waals surface area contributed by atoms with E-state index in [0.717, 1.165) is 10.6 Å². The lowest BCUT2D eigenvalue weighted by Gasteiger charge is -2.20. The standard InChI is InChI=1S/C15H18N2O4S/c1-11-13(15(18)16-10-12-6-5-9-21-12)7-4-8-14(11)17(2)22(3,19)20/h4-9H,10H2,1-3H3,(H,16,18). The van der Waals surface area contributed by atoms with Gasteiger partial charge in [0, 0.05) is 12.6 Å². The minimum Gasteiger partial charge on any atom is -0.467 e. The summed E-state index contributed by atoms with van der Waals surface area (Å²) in [6.45, 7) is 2.00. The molecule has 0 aliphatic heterocycles. The third-order valence-electron chi connectivity index (χ3n) is 3.39. The second-order valence-electron chi connectivity index (χ2n) is 4.94. The highest BCUT2D eigenvalue weighted by Crippen LogP contribution is 2.24. The first-order valence-corrected chi connectivity index (χ1v) is 8.49. The van der Waals surface area contributed by atoms with Gasteiger partial charge in [-0.05, 0) is 36.8 Å². The molecule has 1 heterocycles. The van der Waals surface area contributed by atoms with Crippen LogP contribution in [0, 0.1) is 6.92 Å². The Labute approximate surface area is 129 Å². The van der Waals surface area contributed by atoms with Gasteiger partial charge in [-0.3, -0.25) is 9.10 Å². The number of carbonyl (C=O) groups is 1. The molecule has 1 amide bonds. The molecule has 6 nitrogen and oxygen atoms in total. The Morgan fingerprint density at radius 2 is 2.00 bits per heavy atom. The average molecular weight is 322 g/mol. The predicted octanol–water partition coefficient (Wildman–Crippen LogP) is 1.91. The zero-order valence-electron chi connectivity index (χ0n) is 12.7. The molecule has 1 aromatic carbocycles. The van der Waals surface area contributed by atoms with Crippen molar-refractivity contribution in [1.82, 2.24) is 5.32 Å². The molecule has 0 saturated carbocycles. The van der Waals surface area contributed by atoms with Crippen LogP contribution in [0.5, 0.6) is 0 Å². The summed E-state index contributed by atoms with van der Waals surface area (Å²) in [5.74, 6) is 0.369. The zero-order valence-corrected chi connectivity index (χ0v) is 13.5. The molecular formula is C15H18N2O4S. The monoisotopic (exact) mass is 322 g/mol. The first-order valence-electron chi connectivity index (χ1n) is 6.65. The normalized spacial score (nSPS) is 11.2. The maximum absolute atomic E-state index is 12.3. The number of nitrogens with one attached hydrogen (secondary N) is 1. The highest BCUT2D eigenvalue weighted by Gasteiger charge is 2.18. The van der Waals surface area contributed by atoms with Gasteiger partial charge in [0.15, 0.2) is 0 Å². The van der Waals surface area contributed by atoms with Gasteiger partial charge in [0.2, 0.25) is 10.0 Å². The molecule has 0 aliphatic rings. The van der Waals surface area contributed by atoms with E-state index >= 15 is 0 Å². The number of hydrogen-bond acceptors (Lipinski definition) is 4. The van der Waals surface area contributed by atoms with E-state index in [1.807, 2.05) is 0 Å². The quantitative estimate of drug-likeness (QED) is 0.912. The molecule has 22 heavy (non-hydrogen) atoms. The number of anilines is 1. The number of hydrogen-bond donors (Lipinski definition) is 1. The molecule has 7 heteroatoms. The summed E-state index contributed by atoms with van der Waals surface area (Å²) in [5, 5.41) is 2.75. The fourth-order valence-corrected chi connectivity index (χ4v) is 2.62. The third kappa shape index (κ3) is 3.48. The number of amides is 1. The van der Waals surface area contributed by atoms with Crippen LogP contribution in [0.3, 0.4) is 0 Å². The van der Waals surface area contributed by atoms with Crippen LogP contribution in [0.25, 0.3) is 0 Å². The molecule has 118 valence electrons. The van der Waals surface area contributed by atoms with Crippen molar-refractivity contribution in [2.24, 2.45) is 0 Å². The van der Waals surface area contributed by atoms with E-state index in [2.05, 4.69) is 5.32 Å². The summed E-state index contributed by atoms with van der Waals surface area (Å²) in [6.07, 6.45) is 2.66. The van der Waals surface area contributed by atoms with Crippen molar-refractivity contribution >= 4 is 21.6 Å². The van der Waals surface area contributed by atoms with Crippen molar-refractivity contribution in [2.75, 3.05) is 17.6 Å². The fraction of sp³-hybridized carbons (Fsp3) is 0.267. The number of nitrogens with zero attached hydrogens (tertiary/aromatic N) is 1. The molecule has 0 unspecified atom stereocenters. The number of benzene rings is 1. The van der Waals surface area contributed by atoms with Gasteiger partial charge < -0.3 is 9.73 Å². The van der Waals surface area contributed by atoms with Crippen LogP contribution in [-0.4, -0.2) is 27.6 Å². The number of carbonyl (C=O) groups excluding carboxylic acids is 1. The second kappa shape index (κ2) is 6.23. The largest absolute Gasteiger partial charge is 0.467 e.